The lowest BCUT2D eigenvalue weighted by Gasteiger charge is -2.34. The van der Waals surface area contributed by atoms with Crippen LogP contribution in [-0.4, -0.2) is 43.8 Å². The standard InChI is InChI=1S/C35H37Cl2N3O4S/c1-4-26(3)38-35(42)33(21-27-10-6-5-7-11-27)39(23-28-12-8-13-29(36)20-28)34(41)24-40(31-15-9-14-30(37)22-31)45(43,44)32-18-16-25(2)17-19-32/h5-20,22,26,33H,4,21,23-24H2,1-3H3,(H,38,42). The minimum Gasteiger partial charge on any atom is -0.352 e. The molecule has 0 bridgehead atoms. The quantitative estimate of drug-likeness (QED) is 0.166. The first-order chi connectivity index (χ1) is 21.5. The third-order valence-corrected chi connectivity index (χ3v) is 9.76. The highest BCUT2D eigenvalue weighted by Crippen LogP contribution is 2.27. The summed E-state index contributed by atoms with van der Waals surface area (Å²) in [6.45, 7) is 5.18. The third-order valence-electron chi connectivity index (χ3n) is 7.50. The van der Waals surface area contributed by atoms with Crippen LogP contribution in [-0.2, 0) is 32.6 Å². The molecule has 4 aromatic rings. The van der Waals surface area contributed by atoms with E-state index in [4.69, 9.17) is 23.2 Å². The van der Waals surface area contributed by atoms with Gasteiger partial charge in [-0.1, -0.05) is 96.4 Å². The molecule has 45 heavy (non-hydrogen) atoms. The van der Waals surface area contributed by atoms with Crippen molar-refractivity contribution in [2.24, 2.45) is 0 Å². The molecule has 4 rings (SSSR count). The molecule has 0 aliphatic rings. The molecule has 0 aromatic heterocycles. The Kier molecular flexibility index (Phi) is 11.7. The Morgan fingerprint density at radius 1 is 0.822 bits per heavy atom. The van der Waals surface area contributed by atoms with Crippen molar-refractivity contribution in [2.75, 3.05) is 10.8 Å². The molecule has 7 nitrogen and oxygen atoms in total. The van der Waals surface area contributed by atoms with Crippen molar-refractivity contribution >= 4 is 50.7 Å². The highest BCUT2D eigenvalue weighted by atomic mass is 35.5. The predicted molar refractivity (Wildman–Crippen MR) is 181 cm³/mol. The molecular weight excluding hydrogens is 629 g/mol. The number of anilines is 1. The molecule has 2 amide bonds. The SMILES string of the molecule is CCC(C)NC(=O)C(Cc1ccccc1)N(Cc1cccc(Cl)c1)C(=O)CN(c1cccc(Cl)c1)S(=O)(=O)c1ccc(C)cc1. The molecule has 0 heterocycles. The Balaban J connectivity index is 1.81. The summed E-state index contributed by atoms with van der Waals surface area (Å²) in [4.78, 5) is 29.9. The number of amides is 2. The van der Waals surface area contributed by atoms with Crippen LogP contribution < -0.4 is 9.62 Å². The van der Waals surface area contributed by atoms with E-state index >= 15 is 0 Å². The van der Waals surface area contributed by atoms with Gasteiger partial charge in [-0.3, -0.25) is 13.9 Å². The second-order valence-electron chi connectivity index (χ2n) is 11.0. The number of rotatable bonds is 13. The summed E-state index contributed by atoms with van der Waals surface area (Å²) >= 11 is 12.6. The zero-order valence-electron chi connectivity index (χ0n) is 25.5. The van der Waals surface area contributed by atoms with Gasteiger partial charge < -0.3 is 10.2 Å². The van der Waals surface area contributed by atoms with Gasteiger partial charge in [0, 0.05) is 29.1 Å². The topological polar surface area (TPSA) is 86.8 Å². The summed E-state index contributed by atoms with van der Waals surface area (Å²) < 4.78 is 29.3. The monoisotopic (exact) mass is 665 g/mol. The Labute approximate surface area is 275 Å². The maximum absolute atomic E-state index is 14.5. The molecule has 4 aromatic carbocycles. The number of hydrogen-bond acceptors (Lipinski definition) is 4. The van der Waals surface area contributed by atoms with Gasteiger partial charge in [0.1, 0.15) is 12.6 Å². The smallest absolute Gasteiger partial charge is 0.264 e. The molecule has 236 valence electrons. The lowest BCUT2D eigenvalue weighted by Crippen LogP contribution is -2.54. The predicted octanol–water partition coefficient (Wildman–Crippen LogP) is 7.05. The number of carbonyl (C=O) groups excluding carboxylic acids is 2. The van der Waals surface area contributed by atoms with E-state index in [1.807, 2.05) is 57.2 Å². The molecule has 0 aliphatic carbocycles. The fourth-order valence-electron chi connectivity index (χ4n) is 4.82. The van der Waals surface area contributed by atoms with E-state index < -0.39 is 28.5 Å². The maximum atomic E-state index is 14.5. The fraction of sp³-hybridized carbons (Fsp3) is 0.257. The van der Waals surface area contributed by atoms with Gasteiger partial charge in [0.25, 0.3) is 10.0 Å². The summed E-state index contributed by atoms with van der Waals surface area (Å²) in [5.74, 6) is -0.898. The van der Waals surface area contributed by atoms with Gasteiger partial charge in [0.15, 0.2) is 0 Å². The first-order valence-electron chi connectivity index (χ1n) is 14.7. The van der Waals surface area contributed by atoms with Crippen LogP contribution in [0.15, 0.2) is 108 Å². The van der Waals surface area contributed by atoms with Crippen LogP contribution in [0.1, 0.15) is 37.0 Å². The molecule has 0 radical (unpaired) electrons. The van der Waals surface area contributed by atoms with E-state index in [0.29, 0.717) is 22.0 Å². The number of sulfonamides is 1. The summed E-state index contributed by atoms with van der Waals surface area (Å²) in [7, 11) is -4.22. The normalized spacial score (nSPS) is 12.6. The number of nitrogens with one attached hydrogen (secondary N) is 1. The average molecular weight is 667 g/mol. The first-order valence-corrected chi connectivity index (χ1v) is 16.9. The Morgan fingerprint density at radius 2 is 1.44 bits per heavy atom. The van der Waals surface area contributed by atoms with Gasteiger partial charge in [-0.2, -0.15) is 0 Å². The Morgan fingerprint density at radius 3 is 2.07 bits per heavy atom. The molecule has 2 atom stereocenters. The minimum atomic E-state index is -4.22. The zero-order chi connectivity index (χ0) is 32.6. The largest absolute Gasteiger partial charge is 0.352 e. The van der Waals surface area contributed by atoms with E-state index in [1.54, 1.807) is 48.5 Å². The van der Waals surface area contributed by atoms with E-state index in [9.17, 15) is 18.0 Å². The van der Waals surface area contributed by atoms with Crippen molar-refractivity contribution in [3.8, 4) is 0 Å². The molecule has 0 saturated carbocycles. The average Bonchev–Trinajstić information content (AvgIpc) is 3.02. The third kappa shape index (κ3) is 9.10. The Bertz CT molecular complexity index is 1720. The van der Waals surface area contributed by atoms with E-state index in [-0.39, 0.29) is 35.5 Å². The summed E-state index contributed by atoms with van der Waals surface area (Å²) in [6.07, 6.45) is 0.917. The van der Waals surface area contributed by atoms with Crippen molar-refractivity contribution in [3.63, 3.8) is 0 Å². The molecule has 0 aliphatic heterocycles. The van der Waals surface area contributed by atoms with Crippen molar-refractivity contribution in [1.29, 1.82) is 0 Å². The van der Waals surface area contributed by atoms with Gasteiger partial charge in [-0.15, -0.1) is 0 Å². The van der Waals surface area contributed by atoms with Crippen molar-refractivity contribution in [3.05, 3.63) is 130 Å². The number of hydrogen-bond donors (Lipinski definition) is 1. The van der Waals surface area contributed by atoms with Crippen LogP contribution in [0.4, 0.5) is 5.69 Å². The molecule has 0 saturated heterocycles. The number of halogens is 2. The van der Waals surface area contributed by atoms with Crippen LogP contribution in [0.25, 0.3) is 0 Å². The van der Waals surface area contributed by atoms with Crippen LogP contribution in [0.3, 0.4) is 0 Å². The van der Waals surface area contributed by atoms with E-state index in [1.165, 1.54) is 23.1 Å². The molecule has 0 spiro atoms. The van der Waals surface area contributed by atoms with Gasteiger partial charge in [-0.25, -0.2) is 8.42 Å². The molecule has 2 unspecified atom stereocenters. The lowest BCUT2D eigenvalue weighted by atomic mass is 10.0. The molecule has 10 heteroatoms. The number of benzene rings is 4. The second kappa shape index (κ2) is 15.4. The van der Waals surface area contributed by atoms with Crippen LogP contribution >= 0.6 is 23.2 Å². The van der Waals surface area contributed by atoms with Gasteiger partial charge in [0.2, 0.25) is 11.8 Å². The minimum absolute atomic E-state index is 0.0256. The van der Waals surface area contributed by atoms with Crippen LogP contribution in [0, 0.1) is 6.92 Å². The van der Waals surface area contributed by atoms with E-state index in [0.717, 1.165) is 15.4 Å². The fourth-order valence-corrected chi connectivity index (χ4v) is 6.63. The first kappa shape index (κ1) is 34.0. The van der Waals surface area contributed by atoms with E-state index in [2.05, 4.69) is 5.32 Å². The molecular formula is C35H37Cl2N3O4S. The number of carbonyl (C=O) groups is 2. The van der Waals surface area contributed by atoms with Crippen molar-refractivity contribution in [1.82, 2.24) is 10.2 Å². The van der Waals surface area contributed by atoms with Crippen LogP contribution in [0.2, 0.25) is 10.0 Å². The summed E-state index contributed by atoms with van der Waals surface area (Å²) in [5, 5.41) is 3.82. The summed E-state index contributed by atoms with van der Waals surface area (Å²) in [5.41, 5.74) is 2.66. The highest BCUT2D eigenvalue weighted by Gasteiger charge is 2.35. The van der Waals surface area contributed by atoms with Crippen LogP contribution in [0.5, 0.6) is 0 Å². The molecule has 1 N–H and O–H groups in total. The zero-order valence-corrected chi connectivity index (χ0v) is 27.8. The lowest BCUT2D eigenvalue weighted by molar-refractivity contribution is -0.140. The van der Waals surface area contributed by atoms with Crippen molar-refractivity contribution in [2.45, 2.75) is 57.1 Å². The number of aryl methyl sites for hydroxylation is 1. The Hall–Kier alpha value is -3.85. The second-order valence-corrected chi connectivity index (χ2v) is 13.7. The highest BCUT2D eigenvalue weighted by molar-refractivity contribution is 7.92. The van der Waals surface area contributed by atoms with Gasteiger partial charge in [0.05, 0.1) is 10.6 Å². The number of nitrogens with zero attached hydrogens (tertiary/aromatic N) is 2. The van der Waals surface area contributed by atoms with Crippen molar-refractivity contribution < 1.29 is 18.0 Å². The van der Waals surface area contributed by atoms with Gasteiger partial charge in [-0.05, 0) is 73.9 Å². The maximum Gasteiger partial charge on any atom is 0.264 e. The summed E-state index contributed by atoms with van der Waals surface area (Å²) in [6, 6.07) is 28.1. The van der Waals surface area contributed by atoms with Gasteiger partial charge >= 0.3 is 0 Å². The molecule has 0 fully saturated rings.